The second-order valence-electron chi connectivity index (χ2n) is 5.71. The van der Waals surface area contributed by atoms with E-state index in [9.17, 15) is 4.79 Å². The molecule has 3 aromatic rings. The Morgan fingerprint density at radius 1 is 1.26 bits per heavy atom. The smallest absolute Gasteiger partial charge is 0.263 e. The first-order valence-electron chi connectivity index (χ1n) is 7.66. The predicted octanol–water partition coefficient (Wildman–Crippen LogP) is 3.46. The summed E-state index contributed by atoms with van der Waals surface area (Å²) in [4.78, 5) is 21.0. The van der Waals surface area contributed by atoms with Crippen molar-refractivity contribution in [3.05, 3.63) is 41.3 Å². The summed E-state index contributed by atoms with van der Waals surface area (Å²) < 4.78 is 1.18. The first-order valence-corrected chi connectivity index (χ1v) is 9.29. The second kappa shape index (κ2) is 6.03. The van der Waals surface area contributed by atoms with E-state index >= 15 is 0 Å². The van der Waals surface area contributed by atoms with E-state index in [-0.39, 0.29) is 5.91 Å². The van der Waals surface area contributed by atoms with Gasteiger partial charge in [-0.25, -0.2) is 4.98 Å². The molecule has 1 saturated heterocycles. The minimum atomic E-state index is 0.107. The SMILES string of the molecule is CN(C(=O)c1ccc(-c2nc3ccccc3s2)s1)C1CCNC1. The normalized spacial score (nSPS) is 17.7. The molecule has 23 heavy (non-hydrogen) atoms. The third-order valence-electron chi connectivity index (χ3n) is 4.22. The fourth-order valence-corrected chi connectivity index (χ4v) is 4.86. The third kappa shape index (κ3) is 2.78. The van der Waals surface area contributed by atoms with Crippen LogP contribution in [0.2, 0.25) is 0 Å². The van der Waals surface area contributed by atoms with Crippen LogP contribution in [-0.2, 0) is 0 Å². The Bertz CT molecular complexity index is 815. The molecule has 118 valence electrons. The monoisotopic (exact) mass is 343 g/mol. The van der Waals surface area contributed by atoms with Crippen LogP contribution in [0.15, 0.2) is 36.4 Å². The Hall–Kier alpha value is -1.76. The van der Waals surface area contributed by atoms with Gasteiger partial charge in [-0.05, 0) is 37.2 Å². The van der Waals surface area contributed by atoms with E-state index in [1.165, 1.54) is 16.0 Å². The Balaban J connectivity index is 1.59. The van der Waals surface area contributed by atoms with Crippen molar-refractivity contribution >= 4 is 38.8 Å². The maximum absolute atomic E-state index is 12.6. The highest BCUT2D eigenvalue weighted by molar-refractivity contribution is 7.26. The lowest BCUT2D eigenvalue weighted by Gasteiger charge is -2.22. The molecule has 1 aliphatic rings. The lowest BCUT2D eigenvalue weighted by molar-refractivity contribution is 0.0748. The molecular weight excluding hydrogens is 326 g/mol. The van der Waals surface area contributed by atoms with E-state index < -0.39 is 0 Å². The summed E-state index contributed by atoms with van der Waals surface area (Å²) in [5, 5.41) is 4.29. The van der Waals surface area contributed by atoms with Crippen molar-refractivity contribution in [2.75, 3.05) is 20.1 Å². The van der Waals surface area contributed by atoms with Gasteiger partial charge in [0.1, 0.15) is 5.01 Å². The van der Waals surface area contributed by atoms with Crippen molar-refractivity contribution in [2.45, 2.75) is 12.5 Å². The summed E-state index contributed by atoms with van der Waals surface area (Å²) in [6.45, 7) is 1.88. The molecule has 0 bridgehead atoms. The predicted molar refractivity (Wildman–Crippen MR) is 96.3 cm³/mol. The Morgan fingerprint density at radius 2 is 2.13 bits per heavy atom. The molecular formula is C17H17N3OS2. The second-order valence-corrected chi connectivity index (χ2v) is 7.83. The maximum atomic E-state index is 12.6. The van der Waals surface area contributed by atoms with Crippen molar-refractivity contribution in [3.8, 4) is 9.88 Å². The third-order valence-corrected chi connectivity index (χ3v) is 6.50. The van der Waals surface area contributed by atoms with Crippen molar-refractivity contribution in [1.82, 2.24) is 15.2 Å². The molecule has 4 rings (SSSR count). The molecule has 2 aromatic heterocycles. The topological polar surface area (TPSA) is 45.2 Å². The number of nitrogens with one attached hydrogen (secondary N) is 1. The van der Waals surface area contributed by atoms with Crippen LogP contribution in [0.5, 0.6) is 0 Å². The number of hydrogen-bond acceptors (Lipinski definition) is 5. The van der Waals surface area contributed by atoms with Crippen molar-refractivity contribution in [2.24, 2.45) is 0 Å². The zero-order chi connectivity index (χ0) is 15.8. The summed E-state index contributed by atoms with van der Waals surface area (Å²) in [6.07, 6.45) is 1.03. The number of carbonyl (C=O) groups is 1. The highest BCUT2D eigenvalue weighted by Gasteiger charge is 2.25. The number of hydrogen-bond donors (Lipinski definition) is 1. The largest absolute Gasteiger partial charge is 0.337 e. The lowest BCUT2D eigenvalue weighted by Crippen LogP contribution is -2.37. The number of para-hydroxylation sites is 1. The van der Waals surface area contributed by atoms with Gasteiger partial charge in [0.2, 0.25) is 0 Å². The van der Waals surface area contributed by atoms with E-state index in [1.54, 1.807) is 11.3 Å². The maximum Gasteiger partial charge on any atom is 0.263 e. The van der Waals surface area contributed by atoms with Crippen molar-refractivity contribution in [1.29, 1.82) is 0 Å². The molecule has 4 nitrogen and oxygen atoms in total. The van der Waals surface area contributed by atoms with Crippen molar-refractivity contribution in [3.63, 3.8) is 0 Å². The number of nitrogens with zero attached hydrogens (tertiary/aromatic N) is 2. The Labute approximate surface area is 142 Å². The van der Waals surface area contributed by atoms with Gasteiger partial charge < -0.3 is 10.2 Å². The molecule has 1 aromatic carbocycles. The number of fused-ring (bicyclic) bond motifs is 1. The summed E-state index contributed by atoms with van der Waals surface area (Å²) in [5.74, 6) is 0.107. The van der Waals surface area contributed by atoms with Gasteiger partial charge in [-0.3, -0.25) is 4.79 Å². The molecule has 1 fully saturated rings. The first-order chi connectivity index (χ1) is 11.2. The lowest BCUT2D eigenvalue weighted by atomic mass is 10.2. The van der Waals surface area contributed by atoms with Gasteiger partial charge in [0.15, 0.2) is 0 Å². The first kappa shape index (κ1) is 14.8. The van der Waals surface area contributed by atoms with Crippen LogP contribution in [0.25, 0.3) is 20.1 Å². The Morgan fingerprint density at radius 3 is 2.91 bits per heavy atom. The minimum Gasteiger partial charge on any atom is -0.337 e. The van der Waals surface area contributed by atoms with Gasteiger partial charge in [0.25, 0.3) is 5.91 Å². The average Bonchev–Trinajstić information content (AvgIpc) is 3.32. The van der Waals surface area contributed by atoms with Crippen LogP contribution in [-0.4, -0.2) is 42.0 Å². The zero-order valence-corrected chi connectivity index (χ0v) is 14.4. The van der Waals surface area contributed by atoms with Gasteiger partial charge in [-0.1, -0.05) is 12.1 Å². The number of likely N-dealkylation sites (N-methyl/N-ethyl adjacent to an activating group) is 1. The van der Waals surface area contributed by atoms with Gasteiger partial charge >= 0.3 is 0 Å². The fraction of sp³-hybridized carbons (Fsp3) is 0.294. The molecule has 0 radical (unpaired) electrons. The molecule has 1 atom stereocenters. The van der Waals surface area contributed by atoms with Crippen LogP contribution < -0.4 is 5.32 Å². The van der Waals surface area contributed by atoms with Gasteiger partial charge in [0, 0.05) is 19.6 Å². The fourth-order valence-electron chi connectivity index (χ4n) is 2.85. The van der Waals surface area contributed by atoms with Gasteiger partial charge in [0.05, 0.1) is 20.0 Å². The number of carbonyl (C=O) groups excluding carboxylic acids is 1. The average molecular weight is 343 g/mol. The number of aromatic nitrogens is 1. The molecule has 0 saturated carbocycles. The minimum absolute atomic E-state index is 0.107. The molecule has 1 unspecified atom stereocenters. The van der Waals surface area contributed by atoms with Crippen LogP contribution in [0.3, 0.4) is 0 Å². The summed E-state index contributed by atoms with van der Waals surface area (Å²) in [6, 6.07) is 12.4. The number of benzene rings is 1. The van der Waals surface area contributed by atoms with Crippen LogP contribution >= 0.6 is 22.7 Å². The molecule has 3 heterocycles. The van der Waals surface area contributed by atoms with Crippen LogP contribution in [0, 0.1) is 0 Å². The van der Waals surface area contributed by atoms with E-state index in [1.807, 2.05) is 42.3 Å². The molecule has 1 amide bonds. The standard InChI is InChI=1S/C17H17N3OS2/c1-20(11-8-9-18-10-11)17(21)15-7-6-14(22-15)16-19-12-4-2-3-5-13(12)23-16/h2-7,11,18H,8-10H2,1H3. The number of thiophene rings is 1. The number of thiazole rings is 1. The summed E-state index contributed by atoms with van der Waals surface area (Å²) in [7, 11) is 1.90. The zero-order valence-electron chi connectivity index (χ0n) is 12.8. The van der Waals surface area contributed by atoms with Crippen molar-refractivity contribution < 1.29 is 4.79 Å². The van der Waals surface area contributed by atoms with E-state index in [0.29, 0.717) is 6.04 Å². The molecule has 0 spiro atoms. The highest BCUT2D eigenvalue weighted by atomic mass is 32.1. The number of rotatable bonds is 3. The molecule has 1 aliphatic heterocycles. The van der Waals surface area contributed by atoms with E-state index in [4.69, 9.17) is 0 Å². The highest BCUT2D eigenvalue weighted by Crippen LogP contribution is 2.34. The molecule has 1 N–H and O–H groups in total. The molecule has 6 heteroatoms. The van der Waals surface area contributed by atoms with Crippen LogP contribution in [0.4, 0.5) is 0 Å². The van der Waals surface area contributed by atoms with E-state index in [0.717, 1.165) is 39.8 Å². The quantitative estimate of drug-likeness (QED) is 0.792. The van der Waals surface area contributed by atoms with Gasteiger partial charge in [-0.2, -0.15) is 0 Å². The summed E-state index contributed by atoms with van der Waals surface area (Å²) >= 11 is 3.21. The van der Waals surface area contributed by atoms with E-state index in [2.05, 4.69) is 16.4 Å². The number of amides is 1. The van der Waals surface area contributed by atoms with Gasteiger partial charge in [-0.15, -0.1) is 22.7 Å². The Kier molecular flexibility index (Phi) is 3.88. The molecule has 0 aliphatic carbocycles. The van der Waals surface area contributed by atoms with Crippen LogP contribution in [0.1, 0.15) is 16.1 Å². The summed E-state index contributed by atoms with van der Waals surface area (Å²) in [5.41, 5.74) is 1.02.